The number of anilines is 1. The summed E-state index contributed by atoms with van der Waals surface area (Å²) in [5, 5.41) is 11.8. The topological polar surface area (TPSA) is 75.9 Å². The van der Waals surface area contributed by atoms with Crippen molar-refractivity contribution in [3.8, 4) is 5.75 Å². The summed E-state index contributed by atoms with van der Waals surface area (Å²) in [4.78, 5) is 27.1. The zero-order chi connectivity index (χ0) is 21.2. The Morgan fingerprint density at radius 1 is 1.07 bits per heavy atom. The molecule has 2 aromatic carbocycles. The van der Waals surface area contributed by atoms with Crippen LogP contribution in [0.5, 0.6) is 5.75 Å². The number of carbonyl (C=O) groups is 1. The van der Waals surface area contributed by atoms with Crippen molar-refractivity contribution in [2.45, 2.75) is 19.4 Å². The lowest BCUT2D eigenvalue weighted by Gasteiger charge is -2.39. The summed E-state index contributed by atoms with van der Waals surface area (Å²) < 4.78 is 5.89. The van der Waals surface area contributed by atoms with Gasteiger partial charge >= 0.3 is 0 Å². The van der Waals surface area contributed by atoms with Crippen LogP contribution < -0.4 is 9.64 Å². The molecule has 0 aromatic heterocycles. The first-order valence-corrected chi connectivity index (χ1v) is 9.86. The lowest BCUT2D eigenvalue weighted by atomic mass is 10.1. The highest BCUT2D eigenvalue weighted by Crippen LogP contribution is 2.31. The van der Waals surface area contributed by atoms with Crippen LogP contribution in [0.3, 0.4) is 0 Å². The van der Waals surface area contributed by atoms with Crippen molar-refractivity contribution < 1.29 is 14.5 Å². The first-order valence-electron chi connectivity index (χ1n) is 9.10. The largest absolute Gasteiger partial charge is 0.478 e. The standard InChI is InChI=1S/C20H21Cl2N3O4/c1-20(2,29-16-6-3-14(21)4-7-16)19(26)24-11-9-23(10-12-24)18-8-5-15(25(27)28)13-17(18)22/h3-8,13H,9-12H2,1-2H3. The van der Waals surface area contributed by atoms with Crippen molar-refractivity contribution in [1.29, 1.82) is 0 Å². The minimum atomic E-state index is -1.03. The van der Waals surface area contributed by atoms with Crippen molar-refractivity contribution >= 4 is 40.5 Å². The number of carbonyl (C=O) groups excluding carboxylic acids is 1. The maximum Gasteiger partial charge on any atom is 0.271 e. The van der Waals surface area contributed by atoms with Crippen LogP contribution in [0, 0.1) is 10.1 Å². The minimum Gasteiger partial charge on any atom is -0.478 e. The Morgan fingerprint density at radius 2 is 1.69 bits per heavy atom. The number of rotatable bonds is 5. The molecule has 0 spiro atoms. The van der Waals surface area contributed by atoms with Gasteiger partial charge in [-0.3, -0.25) is 14.9 Å². The molecule has 154 valence electrons. The average Bonchev–Trinajstić information content (AvgIpc) is 2.69. The van der Waals surface area contributed by atoms with Crippen LogP contribution in [-0.4, -0.2) is 47.5 Å². The molecule has 1 amide bonds. The second kappa shape index (κ2) is 8.47. The van der Waals surface area contributed by atoms with Crippen molar-refractivity contribution in [2.24, 2.45) is 0 Å². The number of benzene rings is 2. The fraction of sp³-hybridized carbons (Fsp3) is 0.350. The third-order valence-electron chi connectivity index (χ3n) is 4.75. The Bertz CT molecular complexity index is 910. The Kier molecular flexibility index (Phi) is 6.19. The predicted octanol–water partition coefficient (Wildman–Crippen LogP) is 4.41. The molecule has 29 heavy (non-hydrogen) atoms. The first kappa shape index (κ1) is 21.2. The van der Waals surface area contributed by atoms with Crippen LogP contribution in [0.1, 0.15) is 13.8 Å². The molecule has 0 N–H and O–H groups in total. The zero-order valence-electron chi connectivity index (χ0n) is 16.1. The molecule has 0 atom stereocenters. The van der Waals surface area contributed by atoms with E-state index in [0.717, 1.165) is 5.69 Å². The summed E-state index contributed by atoms with van der Waals surface area (Å²) in [5.74, 6) is 0.464. The van der Waals surface area contributed by atoms with Gasteiger partial charge in [-0.05, 0) is 44.2 Å². The molecule has 0 radical (unpaired) electrons. The maximum atomic E-state index is 13.0. The number of halogens is 2. The third-order valence-corrected chi connectivity index (χ3v) is 5.31. The van der Waals surface area contributed by atoms with Crippen molar-refractivity contribution in [2.75, 3.05) is 31.1 Å². The van der Waals surface area contributed by atoms with Crippen LogP contribution in [-0.2, 0) is 4.79 Å². The molecular weight excluding hydrogens is 417 g/mol. The highest BCUT2D eigenvalue weighted by molar-refractivity contribution is 6.33. The number of non-ortho nitro benzene ring substituents is 1. The third kappa shape index (κ3) is 4.92. The van der Waals surface area contributed by atoms with E-state index in [1.54, 1.807) is 49.1 Å². The van der Waals surface area contributed by atoms with Crippen LogP contribution in [0.4, 0.5) is 11.4 Å². The van der Waals surface area contributed by atoms with E-state index in [-0.39, 0.29) is 11.6 Å². The van der Waals surface area contributed by atoms with Gasteiger partial charge in [0, 0.05) is 43.3 Å². The normalized spacial score (nSPS) is 14.6. The molecule has 7 nitrogen and oxygen atoms in total. The molecule has 0 unspecified atom stereocenters. The fourth-order valence-electron chi connectivity index (χ4n) is 3.24. The monoisotopic (exact) mass is 437 g/mol. The van der Waals surface area contributed by atoms with Gasteiger partial charge in [-0.25, -0.2) is 0 Å². The molecule has 0 aliphatic carbocycles. The Labute approximate surface area is 178 Å². The summed E-state index contributed by atoms with van der Waals surface area (Å²) in [5.41, 5.74) is -0.351. The molecule has 0 saturated carbocycles. The fourth-order valence-corrected chi connectivity index (χ4v) is 3.66. The van der Waals surface area contributed by atoms with Gasteiger partial charge < -0.3 is 14.5 Å². The van der Waals surface area contributed by atoms with E-state index >= 15 is 0 Å². The zero-order valence-corrected chi connectivity index (χ0v) is 17.6. The van der Waals surface area contributed by atoms with E-state index in [0.29, 0.717) is 42.0 Å². The predicted molar refractivity (Wildman–Crippen MR) is 113 cm³/mol. The molecule has 1 aliphatic rings. The van der Waals surface area contributed by atoms with Crippen LogP contribution in [0.2, 0.25) is 10.0 Å². The second-order valence-corrected chi connectivity index (χ2v) is 8.08. The molecule has 9 heteroatoms. The molecule has 1 fully saturated rings. The maximum absolute atomic E-state index is 13.0. The van der Waals surface area contributed by atoms with Gasteiger partial charge in [0.2, 0.25) is 0 Å². The van der Waals surface area contributed by atoms with Gasteiger partial charge in [-0.1, -0.05) is 23.2 Å². The van der Waals surface area contributed by atoms with Crippen molar-refractivity contribution in [1.82, 2.24) is 4.90 Å². The Morgan fingerprint density at radius 3 is 2.24 bits per heavy atom. The molecule has 1 saturated heterocycles. The number of nitrogens with zero attached hydrogens (tertiary/aromatic N) is 3. The minimum absolute atomic E-state index is 0.0475. The van der Waals surface area contributed by atoms with E-state index in [2.05, 4.69) is 0 Å². The molecule has 1 aliphatic heterocycles. The number of ether oxygens (including phenoxy) is 1. The number of nitro groups is 1. The molecule has 1 heterocycles. The van der Waals surface area contributed by atoms with Gasteiger partial charge in [0.25, 0.3) is 11.6 Å². The second-order valence-electron chi connectivity index (χ2n) is 7.24. The summed E-state index contributed by atoms with van der Waals surface area (Å²) in [6, 6.07) is 11.3. The van der Waals surface area contributed by atoms with Crippen LogP contribution >= 0.6 is 23.2 Å². The van der Waals surface area contributed by atoms with E-state index in [1.807, 2.05) is 4.90 Å². The Balaban J connectivity index is 1.63. The summed E-state index contributed by atoms with van der Waals surface area (Å²) in [6.45, 7) is 5.62. The van der Waals surface area contributed by atoms with Crippen LogP contribution in [0.15, 0.2) is 42.5 Å². The lowest BCUT2D eigenvalue weighted by Crippen LogP contribution is -2.55. The number of hydrogen-bond donors (Lipinski definition) is 0. The van der Waals surface area contributed by atoms with E-state index in [4.69, 9.17) is 27.9 Å². The Hall–Kier alpha value is -2.51. The van der Waals surface area contributed by atoms with Gasteiger partial charge in [0.05, 0.1) is 15.6 Å². The highest BCUT2D eigenvalue weighted by Gasteiger charge is 2.36. The molecule has 0 bridgehead atoms. The van der Waals surface area contributed by atoms with E-state index in [1.165, 1.54) is 12.1 Å². The molecular formula is C20H21Cl2N3O4. The number of hydrogen-bond acceptors (Lipinski definition) is 5. The summed E-state index contributed by atoms with van der Waals surface area (Å²) >= 11 is 12.1. The number of nitro benzene ring substituents is 1. The van der Waals surface area contributed by atoms with E-state index < -0.39 is 10.5 Å². The van der Waals surface area contributed by atoms with E-state index in [9.17, 15) is 14.9 Å². The van der Waals surface area contributed by atoms with Crippen molar-refractivity contribution in [3.63, 3.8) is 0 Å². The number of amides is 1. The highest BCUT2D eigenvalue weighted by atomic mass is 35.5. The van der Waals surface area contributed by atoms with Gasteiger partial charge in [0.15, 0.2) is 5.60 Å². The SMILES string of the molecule is CC(C)(Oc1ccc(Cl)cc1)C(=O)N1CCN(c2ccc([N+](=O)[O-])cc2Cl)CC1. The van der Waals surface area contributed by atoms with Crippen molar-refractivity contribution in [3.05, 3.63) is 62.6 Å². The summed E-state index contributed by atoms with van der Waals surface area (Å²) in [7, 11) is 0. The van der Waals surface area contributed by atoms with Gasteiger partial charge in [-0.15, -0.1) is 0 Å². The molecule has 3 rings (SSSR count). The smallest absolute Gasteiger partial charge is 0.271 e. The number of piperazine rings is 1. The van der Waals surface area contributed by atoms with Gasteiger partial charge in [0.1, 0.15) is 5.75 Å². The summed E-state index contributed by atoms with van der Waals surface area (Å²) in [6.07, 6.45) is 0. The molecule has 2 aromatic rings. The van der Waals surface area contributed by atoms with Crippen LogP contribution in [0.25, 0.3) is 0 Å². The quantitative estimate of drug-likeness (QED) is 0.511. The first-order chi connectivity index (χ1) is 13.7. The lowest BCUT2D eigenvalue weighted by molar-refractivity contribution is -0.384. The van der Waals surface area contributed by atoms with Gasteiger partial charge in [-0.2, -0.15) is 0 Å². The average molecular weight is 438 g/mol.